The molecular weight excluding hydrogens is 354 g/mol. The molecule has 146 valence electrons. The van der Waals surface area contributed by atoms with Crippen LogP contribution in [0.25, 0.3) is 10.9 Å². The summed E-state index contributed by atoms with van der Waals surface area (Å²) in [5.74, 6) is 1.24. The van der Waals surface area contributed by atoms with Crippen LogP contribution in [-0.2, 0) is 0 Å². The first kappa shape index (κ1) is 18.3. The molecule has 0 saturated heterocycles. The third kappa shape index (κ3) is 3.42. The van der Waals surface area contributed by atoms with Gasteiger partial charge in [0.05, 0.1) is 24.4 Å². The second-order valence-electron chi connectivity index (χ2n) is 7.36. The zero-order valence-electron chi connectivity index (χ0n) is 16.5. The molecule has 0 atom stereocenters. The molecule has 0 bridgehead atoms. The van der Waals surface area contributed by atoms with E-state index >= 15 is 0 Å². The smallest absolute Gasteiger partial charge is 0.250 e. The van der Waals surface area contributed by atoms with Crippen LogP contribution >= 0.6 is 0 Å². The van der Waals surface area contributed by atoms with Gasteiger partial charge in [-0.3, -0.25) is 9.78 Å². The number of nitrogens with one attached hydrogen (secondary N) is 2. The van der Waals surface area contributed by atoms with Crippen molar-refractivity contribution in [1.82, 2.24) is 9.97 Å². The van der Waals surface area contributed by atoms with E-state index in [2.05, 4.69) is 15.3 Å². The molecule has 1 saturated carbocycles. The lowest BCUT2D eigenvalue weighted by atomic mass is 10.1. The minimum absolute atomic E-state index is 0.157. The molecule has 1 aliphatic carbocycles. The number of aryl methyl sites for hydroxylation is 2. The van der Waals surface area contributed by atoms with Crippen molar-refractivity contribution in [1.29, 1.82) is 0 Å². The molecule has 1 aromatic carbocycles. The van der Waals surface area contributed by atoms with E-state index in [4.69, 9.17) is 9.47 Å². The summed E-state index contributed by atoms with van der Waals surface area (Å²) in [5, 5.41) is 4.30. The Balaban J connectivity index is 1.85. The summed E-state index contributed by atoms with van der Waals surface area (Å²) in [6, 6.07) is 5.41. The monoisotopic (exact) mass is 379 g/mol. The predicted octanol–water partition coefficient (Wildman–Crippen LogP) is 4.61. The fourth-order valence-electron chi connectivity index (χ4n) is 3.87. The predicted molar refractivity (Wildman–Crippen MR) is 111 cm³/mol. The van der Waals surface area contributed by atoms with E-state index in [9.17, 15) is 4.79 Å². The Morgan fingerprint density at radius 3 is 2.54 bits per heavy atom. The van der Waals surface area contributed by atoms with Crippen molar-refractivity contribution in [3.05, 3.63) is 52.1 Å². The van der Waals surface area contributed by atoms with Gasteiger partial charge in [0.15, 0.2) is 11.5 Å². The van der Waals surface area contributed by atoms with Gasteiger partial charge in [0.1, 0.15) is 0 Å². The molecule has 6 nitrogen and oxygen atoms in total. The summed E-state index contributed by atoms with van der Waals surface area (Å²) < 4.78 is 11.8. The molecule has 0 spiro atoms. The highest BCUT2D eigenvalue weighted by Gasteiger charge is 2.21. The van der Waals surface area contributed by atoms with Gasteiger partial charge >= 0.3 is 0 Å². The summed E-state index contributed by atoms with van der Waals surface area (Å²) >= 11 is 0. The van der Waals surface area contributed by atoms with Crippen LogP contribution in [0.1, 0.15) is 36.8 Å². The normalized spacial score (nSPS) is 14.4. The van der Waals surface area contributed by atoms with E-state index in [1.807, 2.05) is 38.4 Å². The summed E-state index contributed by atoms with van der Waals surface area (Å²) in [5.41, 5.74) is 4.19. The maximum atomic E-state index is 12.4. The van der Waals surface area contributed by atoms with Crippen molar-refractivity contribution in [2.24, 2.45) is 0 Å². The number of benzene rings is 1. The summed E-state index contributed by atoms with van der Waals surface area (Å²) in [7, 11) is 1.62. The lowest BCUT2D eigenvalue weighted by Crippen LogP contribution is -2.14. The average molecular weight is 379 g/mol. The molecule has 3 aromatic rings. The largest absolute Gasteiger partial charge is 0.493 e. The molecule has 4 rings (SSSR count). The van der Waals surface area contributed by atoms with Crippen LogP contribution in [0.2, 0.25) is 0 Å². The molecule has 1 fully saturated rings. The van der Waals surface area contributed by atoms with Crippen LogP contribution in [0, 0.1) is 13.8 Å². The number of pyridine rings is 2. The number of anilines is 2. The van der Waals surface area contributed by atoms with Gasteiger partial charge in [0.25, 0.3) is 5.56 Å². The number of nitrogens with zero attached hydrogens (tertiary/aromatic N) is 1. The average Bonchev–Trinajstić information content (AvgIpc) is 3.18. The molecule has 0 amide bonds. The minimum Gasteiger partial charge on any atom is -0.493 e. The van der Waals surface area contributed by atoms with Crippen molar-refractivity contribution in [2.75, 3.05) is 12.4 Å². The topological polar surface area (TPSA) is 76.2 Å². The van der Waals surface area contributed by atoms with Gasteiger partial charge in [-0.05, 0) is 62.8 Å². The van der Waals surface area contributed by atoms with Crippen molar-refractivity contribution in [2.45, 2.75) is 45.6 Å². The van der Waals surface area contributed by atoms with E-state index in [-0.39, 0.29) is 11.7 Å². The number of aromatic amines is 1. The van der Waals surface area contributed by atoms with Crippen molar-refractivity contribution in [3.63, 3.8) is 0 Å². The Kier molecular flexibility index (Phi) is 4.94. The molecule has 1 aliphatic rings. The van der Waals surface area contributed by atoms with Gasteiger partial charge in [-0.25, -0.2) is 0 Å². The number of hydrogen-bond donors (Lipinski definition) is 2. The molecule has 0 radical (unpaired) electrons. The quantitative estimate of drug-likeness (QED) is 0.677. The summed E-state index contributed by atoms with van der Waals surface area (Å²) in [6.45, 7) is 3.99. The number of methoxy groups -OCH3 is 1. The highest BCUT2D eigenvalue weighted by molar-refractivity contribution is 5.97. The molecule has 0 aliphatic heterocycles. The summed E-state index contributed by atoms with van der Waals surface area (Å²) in [6.07, 6.45) is 8.16. The van der Waals surface area contributed by atoms with Crippen molar-refractivity contribution >= 4 is 22.3 Å². The lowest BCUT2D eigenvalue weighted by Gasteiger charge is -2.19. The third-order valence-electron chi connectivity index (χ3n) is 5.33. The van der Waals surface area contributed by atoms with E-state index in [0.717, 1.165) is 40.7 Å². The minimum atomic E-state index is -0.191. The number of rotatable bonds is 5. The Labute approximate surface area is 163 Å². The summed E-state index contributed by atoms with van der Waals surface area (Å²) in [4.78, 5) is 19.6. The van der Waals surface area contributed by atoms with E-state index in [0.29, 0.717) is 17.0 Å². The SMILES string of the molecule is COc1ccc2c(Nc3c(C)cncc3C)cc(=O)[nH]c2c1OC1CCCC1. The number of ether oxygens (including phenoxy) is 2. The maximum absolute atomic E-state index is 12.4. The van der Waals surface area contributed by atoms with E-state index in [1.54, 1.807) is 13.2 Å². The number of H-pyrrole nitrogens is 1. The molecule has 2 aromatic heterocycles. The van der Waals surface area contributed by atoms with Gasteiger partial charge in [0, 0.05) is 29.5 Å². The standard InChI is InChI=1S/C22H25N3O3/c1-13-11-23-12-14(2)20(13)24-17-10-19(26)25-21-16(17)8-9-18(27-3)22(21)28-15-6-4-5-7-15/h8-12,15H,4-7H2,1-3H3,(H2,23,24,25,26). The Morgan fingerprint density at radius 1 is 1.14 bits per heavy atom. The van der Waals surface area contributed by atoms with Crippen LogP contribution in [0.4, 0.5) is 11.4 Å². The van der Waals surface area contributed by atoms with Gasteiger partial charge in [-0.1, -0.05) is 0 Å². The first-order valence-corrected chi connectivity index (χ1v) is 9.65. The molecule has 28 heavy (non-hydrogen) atoms. The Morgan fingerprint density at radius 2 is 1.86 bits per heavy atom. The number of aromatic nitrogens is 2. The first-order valence-electron chi connectivity index (χ1n) is 9.65. The van der Waals surface area contributed by atoms with Gasteiger partial charge in [-0.15, -0.1) is 0 Å². The highest BCUT2D eigenvalue weighted by atomic mass is 16.5. The van der Waals surface area contributed by atoms with Crippen LogP contribution < -0.4 is 20.3 Å². The first-order chi connectivity index (χ1) is 13.6. The molecular formula is C22H25N3O3. The zero-order valence-corrected chi connectivity index (χ0v) is 16.5. The van der Waals surface area contributed by atoms with Crippen molar-refractivity contribution in [3.8, 4) is 11.5 Å². The van der Waals surface area contributed by atoms with Gasteiger partial charge < -0.3 is 19.8 Å². The van der Waals surface area contributed by atoms with Crippen LogP contribution in [-0.4, -0.2) is 23.2 Å². The number of hydrogen-bond acceptors (Lipinski definition) is 5. The second kappa shape index (κ2) is 7.54. The second-order valence-corrected chi connectivity index (χ2v) is 7.36. The van der Waals surface area contributed by atoms with E-state index in [1.165, 1.54) is 12.8 Å². The number of fused-ring (bicyclic) bond motifs is 1. The van der Waals surface area contributed by atoms with Crippen molar-refractivity contribution < 1.29 is 9.47 Å². The van der Waals surface area contributed by atoms with Crippen LogP contribution in [0.3, 0.4) is 0 Å². The molecule has 6 heteroatoms. The maximum Gasteiger partial charge on any atom is 0.250 e. The third-order valence-corrected chi connectivity index (χ3v) is 5.33. The lowest BCUT2D eigenvalue weighted by molar-refractivity contribution is 0.203. The fourth-order valence-corrected chi connectivity index (χ4v) is 3.87. The highest BCUT2D eigenvalue weighted by Crippen LogP contribution is 2.39. The molecule has 2 heterocycles. The van der Waals surface area contributed by atoms with Crippen LogP contribution in [0.5, 0.6) is 11.5 Å². The molecule has 2 N–H and O–H groups in total. The van der Waals surface area contributed by atoms with E-state index < -0.39 is 0 Å². The van der Waals surface area contributed by atoms with Crippen LogP contribution in [0.15, 0.2) is 35.4 Å². The van der Waals surface area contributed by atoms with Gasteiger partial charge in [0.2, 0.25) is 0 Å². The zero-order chi connectivity index (χ0) is 19.7. The Hall–Kier alpha value is -3.02. The Bertz CT molecular complexity index is 1050. The fraction of sp³-hybridized carbons (Fsp3) is 0.364. The van der Waals surface area contributed by atoms with Gasteiger partial charge in [-0.2, -0.15) is 0 Å². The molecule has 0 unspecified atom stereocenters.